The number of nitrogens with zero attached hydrogens (tertiary/aromatic N) is 2. The molecule has 0 aliphatic rings. The van der Waals surface area contributed by atoms with Crippen LogP contribution >= 0.6 is 12.6 Å². The predicted octanol–water partition coefficient (Wildman–Crippen LogP) is 1.45. The highest BCUT2D eigenvalue weighted by Gasteiger charge is 2.19. The van der Waals surface area contributed by atoms with Crippen molar-refractivity contribution in [3.05, 3.63) is 18.2 Å². The molecule has 6 nitrogen and oxygen atoms in total. The van der Waals surface area contributed by atoms with E-state index < -0.39 is 6.23 Å². The van der Waals surface area contributed by atoms with Gasteiger partial charge in [0.25, 0.3) is 11.1 Å². The molecule has 0 aliphatic heterocycles. The molecule has 0 aliphatic carbocycles. The second-order valence-electron chi connectivity index (χ2n) is 2.73. The van der Waals surface area contributed by atoms with E-state index in [0.717, 1.165) is 0 Å². The molecule has 15 heavy (non-hydrogen) atoms. The van der Waals surface area contributed by atoms with Crippen LogP contribution in [-0.4, -0.2) is 16.8 Å². The number of aromatic nitrogens is 2. The van der Waals surface area contributed by atoms with Crippen molar-refractivity contribution in [1.82, 2.24) is 15.5 Å². The van der Waals surface area contributed by atoms with Gasteiger partial charge in [-0.25, -0.2) is 9.78 Å². The Balaban J connectivity index is 2.66. The average molecular weight is 231 g/mol. The van der Waals surface area contributed by atoms with Crippen molar-refractivity contribution in [2.24, 2.45) is 0 Å². The summed E-state index contributed by atoms with van der Waals surface area (Å²) in [6.07, 6.45) is -0.671. The highest BCUT2D eigenvalue weighted by atomic mass is 32.1. The monoisotopic (exact) mass is 231 g/mol. The van der Waals surface area contributed by atoms with Crippen LogP contribution in [0.5, 0.6) is 0 Å². The molecule has 7 heteroatoms. The molecule has 0 bridgehead atoms. The van der Waals surface area contributed by atoms with E-state index in [4.69, 9.17) is 14.2 Å². The molecular weight excluding hydrogens is 218 g/mol. The number of rotatable bonds is 6. The lowest BCUT2D eigenvalue weighted by Gasteiger charge is -2.14. The van der Waals surface area contributed by atoms with Crippen LogP contribution < -0.4 is 5.32 Å². The summed E-state index contributed by atoms with van der Waals surface area (Å²) in [5, 5.41) is 10.4. The average Bonchev–Trinajstić information content (AvgIpc) is 2.58. The second-order valence-corrected chi connectivity index (χ2v) is 3.11. The van der Waals surface area contributed by atoms with Crippen LogP contribution in [-0.2, 0) is 9.78 Å². The zero-order valence-electron chi connectivity index (χ0n) is 8.56. The van der Waals surface area contributed by atoms with E-state index in [2.05, 4.69) is 34.7 Å². The van der Waals surface area contributed by atoms with E-state index in [9.17, 15) is 0 Å². The van der Waals surface area contributed by atoms with Gasteiger partial charge in [0.2, 0.25) is 6.23 Å². The maximum absolute atomic E-state index is 5.08. The van der Waals surface area contributed by atoms with Crippen molar-refractivity contribution in [2.75, 3.05) is 6.61 Å². The first-order valence-corrected chi connectivity index (χ1v) is 4.81. The maximum atomic E-state index is 5.08. The Kier molecular flexibility index (Phi) is 4.60. The smallest absolute Gasteiger partial charge is 0.273 e. The third-order valence-electron chi connectivity index (χ3n) is 1.31. The molecule has 1 N–H and O–H groups in total. The van der Waals surface area contributed by atoms with E-state index in [1.54, 1.807) is 13.8 Å². The lowest BCUT2D eigenvalue weighted by molar-refractivity contribution is -0.333. The van der Waals surface area contributed by atoms with E-state index in [-0.39, 0.29) is 11.1 Å². The molecule has 1 unspecified atom stereocenters. The zero-order chi connectivity index (χ0) is 11.3. The van der Waals surface area contributed by atoms with Gasteiger partial charge < -0.3 is 9.73 Å². The molecule has 1 aromatic heterocycles. The van der Waals surface area contributed by atoms with E-state index in [1.165, 1.54) is 0 Å². The number of thiol groups is 1. The molecular formula is C8H13N3O3S. The quantitative estimate of drug-likeness (QED) is 0.334. The van der Waals surface area contributed by atoms with Gasteiger partial charge in [0.05, 0.1) is 6.61 Å². The van der Waals surface area contributed by atoms with Crippen LogP contribution in [0.2, 0.25) is 0 Å². The number of nitrogens with one attached hydrogen (secondary N) is 1. The number of hydrogen-bond acceptors (Lipinski definition) is 7. The van der Waals surface area contributed by atoms with Crippen LogP contribution in [0.4, 0.5) is 0 Å². The molecule has 0 fully saturated rings. The normalized spacial score (nSPS) is 12.5. The summed E-state index contributed by atoms with van der Waals surface area (Å²) >= 11 is 3.89. The van der Waals surface area contributed by atoms with Crippen LogP contribution in [0.25, 0.3) is 0 Å². The van der Waals surface area contributed by atoms with Gasteiger partial charge in [0.15, 0.2) is 0 Å². The second kappa shape index (κ2) is 5.74. The Morgan fingerprint density at radius 1 is 1.67 bits per heavy atom. The zero-order valence-corrected chi connectivity index (χ0v) is 9.45. The first kappa shape index (κ1) is 12.0. The fraction of sp³-hybridized carbons (Fsp3) is 0.500. The summed E-state index contributed by atoms with van der Waals surface area (Å²) in [4.78, 5) is 9.80. The van der Waals surface area contributed by atoms with Crippen molar-refractivity contribution in [1.29, 1.82) is 0 Å². The highest BCUT2D eigenvalue weighted by Crippen LogP contribution is 2.16. The third kappa shape index (κ3) is 3.90. The molecule has 0 aromatic carbocycles. The molecule has 1 atom stereocenters. The highest BCUT2D eigenvalue weighted by molar-refractivity contribution is 7.80. The SMILES string of the molecule is C=C(C)NC(OOCC)c1nnc(S)o1. The lowest BCUT2D eigenvalue weighted by Crippen LogP contribution is -2.22. The van der Waals surface area contributed by atoms with E-state index >= 15 is 0 Å². The van der Waals surface area contributed by atoms with Crippen molar-refractivity contribution >= 4 is 12.6 Å². The van der Waals surface area contributed by atoms with Gasteiger partial charge in [-0.15, -0.1) is 10.2 Å². The Hall–Kier alpha value is -1.05. The molecule has 1 aromatic rings. The Labute approximate surface area is 93.0 Å². The summed E-state index contributed by atoms with van der Waals surface area (Å²) in [7, 11) is 0. The van der Waals surface area contributed by atoms with E-state index in [1.807, 2.05) is 0 Å². The summed E-state index contributed by atoms with van der Waals surface area (Å²) in [5.74, 6) is 0.233. The number of allylic oxidation sites excluding steroid dienone is 1. The summed E-state index contributed by atoms with van der Waals surface area (Å²) in [6, 6.07) is 0. The fourth-order valence-corrected chi connectivity index (χ4v) is 0.957. The van der Waals surface area contributed by atoms with Gasteiger partial charge >= 0.3 is 0 Å². The van der Waals surface area contributed by atoms with Crippen LogP contribution in [0, 0.1) is 0 Å². The minimum absolute atomic E-state index is 0.165. The van der Waals surface area contributed by atoms with Gasteiger partial charge in [-0.3, -0.25) is 0 Å². The first-order chi connectivity index (χ1) is 7.13. The molecule has 0 amide bonds. The molecule has 0 saturated carbocycles. The van der Waals surface area contributed by atoms with Crippen LogP contribution in [0.1, 0.15) is 26.0 Å². The predicted molar refractivity (Wildman–Crippen MR) is 55.0 cm³/mol. The minimum Gasteiger partial charge on any atom is -0.411 e. The number of hydrogen-bond donors (Lipinski definition) is 2. The van der Waals surface area contributed by atoms with E-state index in [0.29, 0.717) is 12.3 Å². The Morgan fingerprint density at radius 3 is 2.87 bits per heavy atom. The third-order valence-corrected chi connectivity index (χ3v) is 1.49. The molecule has 0 spiro atoms. The van der Waals surface area contributed by atoms with Crippen molar-refractivity contribution in [3.63, 3.8) is 0 Å². The summed E-state index contributed by atoms with van der Waals surface area (Å²) in [5.41, 5.74) is 0.693. The van der Waals surface area contributed by atoms with Crippen molar-refractivity contribution in [3.8, 4) is 0 Å². The Morgan fingerprint density at radius 2 is 2.40 bits per heavy atom. The minimum atomic E-state index is -0.671. The lowest BCUT2D eigenvalue weighted by atomic mass is 10.5. The standard InChI is InChI=1S/C8H13N3O3S/c1-4-12-14-6(9-5(2)3)7-10-11-8(15)13-7/h6,9H,2,4H2,1,3H3,(H,11,15). The molecule has 0 radical (unpaired) electrons. The van der Waals surface area contributed by atoms with Crippen molar-refractivity contribution in [2.45, 2.75) is 25.3 Å². The first-order valence-electron chi connectivity index (χ1n) is 4.36. The maximum Gasteiger partial charge on any atom is 0.273 e. The topological polar surface area (TPSA) is 69.4 Å². The fourth-order valence-electron chi connectivity index (χ4n) is 0.819. The van der Waals surface area contributed by atoms with Crippen LogP contribution in [0.3, 0.4) is 0 Å². The molecule has 0 saturated heterocycles. The van der Waals surface area contributed by atoms with Crippen molar-refractivity contribution < 1.29 is 14.2 Å². The Bertz CT molecular complexity index is 329. The molecule has 1 heterocycles. The van der Waals surface area contributed by atoms with Gasteiger partial charge in [-0.05, 0) is 13.8 Å². The van der Waals surface area contributed by atoms with Crippen LogP contribution in [0.15, 0.2) is 21.9 Å². The van der Waals surface area contributed by atoms with Gasteiger partial charge in [0.1, 0.15) is 0 Å². The molecule has 84 valence electrons. The summed E-state index contributed by atoms with van der Waals surface area (Å²) in [6.45, 7) is 7.67. The van der Waals surface area contributed by atoms with Gasteiger partial charge in [-0.2, -0.15) is 0 Å². The summed E-state index contributed by atoms with van der Waals surface area (Å²) < 4.78 is 5.08. The van der Waals surface area contributed by atoms with Gasteiger partial charge in [0, 0.05) is 5.70 Å². The largest absolute Gasteiger partial charge is 0.411 e. The van der Waals surface area contributed by atoms with Gasteiger partial charge in [-0.1, -0.05) is 19.2 Å². The molecule has 1 rings (SSSR count).